The Labute approximate surface area is 161 Å². The van der Waals surface area contributed by atoms with E-state index in [1.54, 1.807) is 18.2 Å². The number of primary amides is 1. The van der Waals surface area contributed by atoms with Crippen LogP contribution in [0.25, 0.3) is 0 Å². The second kappa shape index (κ2) is 9.91. The number of rotatable bonds is 9. The average molecular weight is 397 g/mol. The molecule has 0 radical (unpaired) electrons. The molecule has 0 aliphatic carbocycles. The molecule has 27 heavy (non-hydrogen) atoms. The Morgan fingerprint density at radius 3 is 2.74 bits per heavy atom. The van der Waals surface area contributed by atoms with E-state index in [9.17, 15) is 14.4 Å². The van der Waals surface area contributed by atoms with E-state index in [1.807, 2.05) is 6.26 Å². The van der Waals surface area contributed by atoms with Crippen molar-refractivity contribution in [3.05, 3.63) is 23.8 Å². The predicted octanol–water partition coefficient (Wildman–Crippen LogP) is 0.753. The minimum absolute atomic E-state index is 0.176. The molecular weight excluding hydrogens is 374 g/mol. The highest BCUT2D eigenvalue weighted by Gasteiger charge is 2.25. The molecule has 1 aliphatic rings. The van der Waals surface area contributed by atoms with Gasteiger partial charge in [-0.3, -0.25) is 4.79 Å². The number of carbonyl (C=O) groups is 3. The summed E-state index contributed by atoms with van der Waals surface area (Å²) < 4.78 is 15.7. The van der Waals surface area contributed by atoms with Gasteiger partial charge in [0.2, 0.25) is 6.79 Å². The Balaban J connectivity index is 1.84. The van der Waals surface area contributed by atoms with Gasteiger partial charge in [-0.05, 0) is 43.0 Å². The lowest BCUT2D eigenvalue weighted by atomic mass is 10.2. The van der Waals surface area contributed by atoms with Crippen molar-refractivity contribution >= 4 is 29.7 Å². The molecule has 9 nitrogen and oxygen atoms in total. The lowest BCUT2D eigenvalue weighted by Crippen LogP contribution is -2.47. The summed E-state index contributed by atoms with van der Waals surface area (Å²) in [5.74, 6) is 0.753. The van der Waals surface area contributed by atoms with Crippen LogP contribution in [0.1, 0.15) is 18.9 Å². The summed E-state index contributed by atoms with van der Waals surface area (Å²) in [4.78, 5) is 35.4. The number of thioether (sulfide) groups is 1. The lowest BCUT2D eigenvalue weighted by Gasteiger charge is -2.19. The standard InChI is InChI=1S/C17H23N3O6S/c1-10(26-16(22)12(5-6-27-2)20-17(18)23)15(21)19-8-11-3-4-13-14(7-11)25-9-24-13/h3-4,7,10,12H,5-6,8-9H2,1-2H3,(H,19,21)(H3,18,20,23)/t10-,12-/m0/s1. The van der Waals surface area contributed by atoms with Crippen LogP contribution in [0.15, 0.2) is 18.2 Å². The maximum atomic E-state index is 12.2. The van der Waals surface area contributed by atoms with Crippen LogP contribution in [0.2, 0.25) is 0 Å². The van der Waals surface area contributed by atoms with Gasteiger partial charge >= 0.3 is 12.0 Å². The summed E-state index contributed by atoms with van der Waals surface area (Å²) in [6, 6.07) is 3.63. The second-order valence-electron chi connectivity index (χ2n) is 5.83. The number of nitrogens with one attached hydrogen (secondary N) is 2. The number of nitrogens with two attached hydrogens (primary N) is 1. The molecule has 0 unspecified atom stereocenters. The van der Waals surface area contributed by atoms with Crippen LogP contribution in [0, 0.1) is 0 Å². The quantitative estimate of drug-likeness (QED) is 0.525. The summed E-state index contributed by atoms with van der Waals surface area (Å²) in [7, 11) is 0. The van der Waals surface area contributed by atoms with Gasteiger partial charge in [-0.25, -0.2) is 9.59 Å². The van der Waals surface area contributed by atoms with Gasteiger partial charge in [-0.15, -0.1) is 0 Å². The molecule has 0 aromatic heterocycles. The smallest absolute Gasteiger partial charge is 0.329 e. The summed E-state index contributed by atoms with van der Waals surface area (Å²) >= 11 is 1.52. The molecule has 0 fully saturated rings. The molecule has 0 spiro atoms. The monoisotopic (exact) mass is 397 g/mol. The number of amides is 3. The van der Waals surface area contributed by atoms with Crippen LogP contribution < -0.4 is 25.8 Å². The molecule has 2 rings (SSSR count). The van der Waals surface area contributed by atoms with Crippen molar-refractivity contribution in [3.8, 4) is 11.5 Å². The Bertz CT molecular complexity index is 699. The van der Waals surface area contributed by atoms with E-state index in [0.29, 0.717) is 23.7 Å². The lowest BCUT2D eigenvalue weighted by molar-refractivity contribution is -0.156. The van der Waals surface area contributed by atoms with Gasteiger partial charge < -0.3 is 30.6 Å². The average Bonchev–Trinajstić information content (AvgIpc) is 3.10. The first-order chi connectivity index (χ1) is 12.9. The number of benzene rings is 1. The highest BCUT2D eigenvalue weighted by atomic mass is 32.2. The van der Waals surface area contributed by atoms with Crippen molar-refractivity contribution in [1.29, 1.82) is 0 Å². The van der Waals surface area contributed by atoms with Crippen LogP contribution >= 0.6 is 11.8 Å². The normalized spacial score (nSPS) is 14.1. The van der Waals surface area contributed by atoms with Crippen LogP contribution in [-0.4, -0.2) is 48.9 Å². The first-order valence-electron chi connectivity index (χ1n) is 8.32. The van der Waals surface area contributed by atoms with Crippen molar-refractivity contribution in [3.63, 3.8) is 0 Å². The zero-order chi connectivity index (χ0) is 19.8. The van der Waals surface area contributed by atoms with Crippen LogP contribution in [0.5, 0.6) is 11.5 Å². The fraction of sp³-hybridized carbons (Fsp3) is 0.471. The molecule has 1 aliphatic heterocycles. The number of fused-ring (bicyclic) bond motifs is 1. The zero-order valence-corrected chi connectivity index (χ0v) is 16.0. The first-order valence-corrected chi connectivity index (χ1v) is 9.71. The molecule has 1 aromatic rings. The van der Waals surface area contributed by atoms with E-state index in [0.717, 1.165) is 5.56 Å². The molecule has 2 atom stereocenters. The zero-order valence-electron chi connectivity index (χ0n) is 15.2. The summed E-state index contributed by atoms with van der Waals surface area (Å²) in [5, 5.41) is 5.02. The van der Waals surface area contributed by atoms with Crippen molar-refractivity contribution < 1.29 is 28.6 Å². The third-order valence-corrected chi connectivity index (χ3v) is 4.42. The van der Waals surface area contributed by atoms with Crippen molar-refractivity contribution in [2.24, 2.45) is 5.73 Å². The predicted molar refractivity (Wildman–Crippen MR) is 99.5 cm³/mol. The van der Waals surface area contributed by atoms with Gasteiger partial charge in [-0.1, -0.05) is 6.07 Å². The Kier molecular flexibility index (Phi) is 7.59. The summed E-state index contributed by atoms with van der Waals surface area (Å²) in [5.41, 5.74) is 5.90. The highest BCUT2D eigenvalue weighted by molar-refractivity contribution is 7.98. The summed E-state index contributed by atoms with van der Waals surface area (Å²) in [6.45, 7) is 1.88. The number of esters is 1. The van der Waals surface area contributed by atoms with E-state index >= 15 is 0 Å². The number of hydrogen-bond acceptors (Lipinski definition) is 7. The van der Waals surface area contributed by atoms with E-state index < -0.39 is 30.1 Å². The SMILES string of the molecule is CSCC[C@H](NC(N)=O)C(=O)O[C@@H](C)C(=O)NCc1ccc2c(c1)OCO2. The maximum absolute atomic E-state index is 12.2. The van der Waals surface area contributed by atoms with E-state index in [-0.39, 0.29) is 13.3 Å². The summed E-state index contributed by atoms with van der Waals surface area (Å²) in [6.07, 6.45) is 1.21. The van der Waals surface area contributed by atoms with E-state index in [1.165, 1.54) is 18.7 Å². The van der Waals surface area contributed by atoms with Crippen LogP contribution in [0.3, 0.4) is 0 Å². The Morgan fingerprint density at radius 1 is 1.30 bits per heavy atom. The fourth-order valence-electron chi connectivity index (χ4n) is 2.35. The van der Waals surface area contributed by atoms with Crippen LogP contribution in [-0.2, 0) is 20.9 Å². The molecule has 10 heteroatoms. The number of hydrogen-bond donors (Lipinski definition) is 3. The Hall–Kier alpha value is -2.62. The van der Waals surface area contributed by atoms with Crippen LogP contribution in [0.4, 0.5) is 4.79 Å². The molecule has 4 N–H and O–H groups in total. The molecule has 0 saturated carbocycles. The van der Waals surface area contributed by atoms with Crippen molar-refractivity contribution in [1.82, 2.24) is 10.6 Å². The van der Waals surface area contributed by atoms with Gasteiger partial charge in [0.05, 0.1) is 0 Å². The molecular formula is C17H23N3O6S. The van der Waals surface area contributed by atoms with Crippen molar-refractivity contribution in [2.45, 2.75) is 32.0 Å². The number of carbonyl (C=O) groups excluding carboxylic acids is 3. The minimum Gasteiger partial charge on any atom is -0.454 e. The van der Waals surface area contributed by atoms with Gasteiger partial charge in [0.15, 0.2) is 17.6 Å². The number of ether oxygens (including phenoxy) is 3. The molecule has 1 aromatic carbocycles. The largest absolute Gasteiger partial charge is 0.454 e. The van der Waals surface area contributed by atoms with Gasteiger partial charge in [0.25, 0.3) is 5.91 Å². The maximum Gasteiger partial charge on any atom is 0.329 e. The highest BCUT2D eigenvalue weighted by Crippen LogP contribution is 2.32. The van der Waals surface area contributed by atoms with Gasteiger partial charge in [0, 0.05) is 6.54 Å². The van der Waals surface area contributed by atoms with Gasteiger partial charge in [-0.2, -0.15) is 11.8 Å². The third-order valence-electron chi connectivity index (χ3n) is 3.78. The number of urea groups is 1. The van der Waals surface area contributed by atoms with E-state index in [4.69, 9.17) is 19.9 Å². The molecule has 148 valence electrons. The first kappa shape index (κ1) is 20.7. The minimum atomic E-state index is -1.02. The Morgan fingerprint density at radius 2 is 2.04 bits per heavy atom. The topological polar surface area (TPSA) is 129 Å². The third kappa shape index (κ3) is 6.24. The molecule has 0 saturated heterocycles. The molecule has 3 amide bonds. The second-order valence-corrected chi connectivity index (χ2v) is 6.81. The molecule has 0 bridgehead atoms. The molecule has 1 heterocycles. The fourth-order valence-corrected chi connectivity index (χ4v) is 2.82. The van der Waals surface area contributed by atoms with Crippen molar-refractivity contribution in [2.75, 3.05) is 18.8 Å². The van der Waals surface area contributed by atoms with Gasteiger partial charge in [0.1, 0.15) is 6.04 Å². The van der Waals surface area contributed by atoms with E-state index in [2.05, 4.69) is 10.6 Å².